The minimum Gasteiger partial charge on any atom is -0.379 e. The molecule has 0 radical (unpaired) electrons. The summed E-state index contributed by atoms with van der Waals surface area (Å²) in [6, 6.07) is 15.0. The van der Waals surface area contributed by atoms with Gasteiger partial charge in [0.25, 0.3) is 0 Å². The molecule has 1 saturated heterocycles. The van der Waals surface area contributed by atoms with Crippen LogP contribution in [-0.4, -0.2) is 61.4 Å². The zero-order chi connectivity index (χ0) is 22.5. The van der Waals surface area contributed by atoms with E-state index in [0.29, 0.717) is 16.0 Å². The average Bonchev–Trinajstić information content (AvgIpc) is 2.83. The highest BCUT2D eigenvalue weighted by Gasteiger charge is 2.31. The minimum atomic E-state index is 0.268. The Balaban J connectivity index is 1.39. The third-order valence-corrected chi connectivity index (χ3v) is 7.80. The van der Waals surface area contributed by atoms with Gasteiger partial charge in [0, 0.05) is 32.6 Å². The van der Waals surface area contributed by atoms with Crippen molar-refractivity contribution in [2.24, 2.45) is 0 Å². The average molecular weight is 493 g/mol. The van der Waals surface area contributed by atoms with E-state index in [1.165, 1.54) is 16.7 Å². The number of nitrogens with zero attached hydrogens (tertiary/aromatic N) is 2. The fourth-order valence-electron chi connectivity index (χ4n) is 4.83. The molecule has 0 amide bonds. The summed E-state index contributed by atoms with van der Waals surface area (Å²) in [5.74, 6) is 0.320. The van der Waals surface area contributed by atoms with E-state index in [2.05, 4.69) is 52.5 Å². The van der Waals surface area contributed by atoms with Crippen molar-refractivity contribution >= 4 is 40.5 Å². The first-order valence-electron chi connectivity index (χ1n) is 11.4. The van der Waals surface area contributed by atoms with Gasteiger partial charge in [-0.3, -0.25) is 4.90 Å². The van der Waals surface area contributed by atoms with Gasteiger partial charge in [0.1, 0.15) is 0 Å². The summed E-state index contributed by atoms with van der Waals surface area (Å²) in [7, 11) is 2.11. The molecule has 4 nitrogen and oxygen atoms in total. The Morgan fingerprint density at radius 2 is 1.84 bits per heavy atom. The first kappa shape index (κ1) is 23.8. The molecule has 4 rings (SSSR count). The van der Waals surface area contributed by atoms with Crippen molar-refractivity contribution in [3.8, 4) is 0 Å². The lowest BCUT2D eigenvalue weighted by atomic mass is 9.76. The molecule has 2 aromatic rings. The molecule has 0 bridgehead atoms. The summed E-state index contributed by atoms with van der Waals surface area (Å²) in [6.07, 6.45) is 3.16. The Morgan fingerprint density at radius 3 is 2.59 bits per heavy atom. The number of hydrogen-bond donors (Lipinski definition) is 1. The molecule has 2 aromatic carbocycles. The topological polar surface area (TPSA) is 27.7 Å². The van der Waals surface area contributed by atoms with Crippen LogP contribution in [0.25, 0.3) is 0 Å². The molecule has 32 heavy (non-hydrogen) atoms. The summed E-state index contributed by atoms with van der Waals surface area (Å²) in [4.78, 5) is 4.69. The summed E-state index contributed by atoms with van der Waals surface area (Å²) in [5, 5.41) is 5.51. The number of halogens is 2. The van der Waals surface area contributed by atoms with Gasteiger partial charge in [0.2, 0.25) is 0 Å². The number of morpholine rings is 1. The third kappa shape index (κ3) is 5.57. The number of nitrogens with one attached hydrogen (secondary N) is 1. The maximum atomic E-state index is 6.32. The van der Waals surface area contributed by atoms with Crippen LogP contribution in [0.4, 0.5) is 0 Å². The lowest BCUT2D eigenvalue weighted by Crippen LogP contribution is -2.42. The van der Waals surface area contributed by atoms with Gasteiger partial charge >= 0.3 is 0 Å². The monoisotopic (exact) mass is 491 g/mol. The number of rotatable bonds is 6. The fraction of sp³-hybridized carbons (Fsp3) is 0.480. The van der Waals surface area contributed by atoms with Crippen molar-refractivity contribution in [1.82, 2.24) is 15.1 Å². The molecule has 0 saturated carbocycles. The molecule has 1 heterocycles. The first-order valence-corrected chi connectivity index (χ1v) is 12.6. The van der Waals surface area contributed by atoms with Gasteiger partial charge in [-0.15, -0.1) is 0 Å². The second-order valence-corrected chi connectivity index (χ2v) is 9.80. The van der Waals surface area contributed by atoms with E-state index in [9.17, 15) is 0 Å². The normalized spacial score (nSPS) is 21.1. The molecule has 172 valence electrons. The van der Waals surface area contributed by atoms with E-state index < -0.39 is 0 Å². The highest BCUT2D eigenvalue weighted by Crippen LogP contribution is 2.44. The molecule has 1 N–H and O–H groups in total. The molecule has 0 unspecified atom stereocenters. The van der Waals surface area contributed by atoms with Crippen LogP contribution in [0, 0.1) is 0 Å². The quantitative estimate of drug-likeness (QED) is 0.425. The first-order chi connectivity index (χ1) is 15.5. The van der Waals surface area contributed by atoms with Gasteiger partial charge in [-0.05, 0) is 66.8 Å². The molecule has 7 heteroatoms. The van der Waals surface area contributed by atoms with E-state index in [-0.39, 0.29) is 6.04 Å². The lowest BCUT2D eigenvalue weighted by Gasteiger charge is -2.38. The zero-order valence-electron chi connectivity index (χ0n) is 18.5. The molecule has 1 aliphatic heterocycles. The standard InChI is InChI=1S/C25H31Cl2N3OS/c1-29(25(32)28-11-4-12-30-13-15-31-16-14-30)24-10-8-19(20-5-2-3-6-21(20)24)18-7-9-22(26)23(27)17-18/h2-3,5-7,9,17,19,24H,4,8,10-16H2,1H3,(H,28,32)/t19-,24-/m1/s1. The highest BCUT2D eigenvalue weighted by atomic mass is 35.5. The highest BCUT2D eigenvalue weighted by molar-refractivity contribution is 7.80. The maximum Gasteiger partial charge on any atom is 0.169 e. The number of hydrogen-bond acceptors (Lipinski definition) is 3. The molecular formula is C25H31Cl2N3OS. The Labute approximate surface area is 206 Å². The van der Waals surface area contributed by atoms with Crippen LogP contribution < -0.4 is 5.32 Å². The predicted octanol–water partition coefficient (Wildman–Crippen LogP) is 5.49. The summed E-state index contributed by atoms with van der Waals surface area (Å²) in [5.41, 5.74) is 3.91. The second kappa shape index (κ2) is 11.2. The van der Waals surface area contributed by atoms with Crippen molar-refractivity contribution in [3.63, 3.8) is 0 Å². The number of benzene rings is 2. The van der Waals surface area contributed by atoms with Crippen molar-refractivity contribution in [3.05, 3.63) is 69.2 Å². The van der Waals surface area contributed by atoms with E-state index in [0.717, 1.165) is 63.8 Å². The number of thiocarbonyl (C=S) groups is 1. The third-order valence-electron chi connectivity index (χ3n) is 6.62. The molecule has 0 aromatic heterocycles. The van der Waals surface area contributed by atoms with E-state index in [1.54, 1.807) is 0 Å². The minimum absolute atomic E-state index is 0.268. The van der Waals surface area contributed by atoms with Crippen molar-refractivity contribution in [2.75, 3.05) is 46.4 Å². The fourth-order valence-corrected chi connectivity index (χ4v) is 5.37. The van der Waals surface area contributed by atoms with Crippen LogP contribution in [-0.2, 0) is 4.74 Å². The van der Waals surface area contributed by atoms with Crippen molar-refractivity contribution in [1.29, 1.82) is 0 Å². The predicted molar refractivity (Wildman–Crippen MR) is 137 cm³/mol. The zero-order valence-corrected chi connectivity index (χ0v) is 20.9. The van der Waals surface area contributed by atoms with Gasteiger partial charge in [0.15, 0.2) is 5.11 Å². The Kier molecular flexibility index (Phi) is 8.30. The molecule has 2 aliphatic rings. The van der Waals surface area contributed by atoms with E-state index >= 15 is 0 Å². The van der Waals surface area contributed by atoms with E-state index in [4.69, 9.17) is 40.2 Å². The summed E-state index contributed by atoms with van der Waals surface area (Å²) >= 11 is 18.2. The van der Waals surface area contributed by atoms with Crippen LogP contribution in [0.3, 0.4) is 0 Å². The summed E-state index contributed by atoms with van der Waals surface area (Å²) in [6.45, 7) is 5.73. The van der Waals surface area contributed by atoms with Gasteiger partial charge in [0.05, 0.1) is 29.3 Å². The Hall–Kier alpha value is -1.37. The molecule has 1 fully saturated rings. The van der Waals surface area contributed by atoms with Gasteiger partial charge in [-0.2, -0.15) is 0 Å². The van der Waals surface area contributed by atoms with Crippen LogP contribution in [0.1, 0.15) is 47.9 Å². The Morgan fingerprint density at radius 1 is 1.09 bits per heavy atom. The van der Waals surface area contributed by atoms with Gasteiger partial charge in [-0.1, -0.05) is 53.5 Å². The van der Waals surface area contributed by atoms with Crippen molar-refractivity contribution < 1.29 is 4.74 Å². The maximum absolute atomic E-state index is 6.32. The molecule has 0 spiro atoms. The van der Waals surface area contributed by atoms with Gasteiger partial charge in [-0.25, -0.2) is 0 Å². The molecular weight excluding hydrogens is 461 g/mol. The Bertz CT molecular complexity index is 935. The SMILES string of the molecule is CN(C(=S)NCCCN1CCOCC1)[C@@H]1CC[C@H](c2ccc(Cl)c(Cl)c2)c2ccccc21. The molecule has 1 aliphatic carbocycles. The van der Waals surface area contributed by atoms with Crippen LogP contribution in [0.2, 0.25) is 10.0 Å². The van der Waals surface area contributed by atoms with Crippen LogP contribution in [0.15, 0.2) is 42.5 Å². The second-order valence-electron chi connectivity index (χ2n) is 8.60. The van der Waals surface area contributed by atoms with Gasteiger partial charge < -0.3 is 15.0 Å². The number of ether oxygens (including phenoxy) is 1. The largest absolute Gasteiger partial charge is 0.379 e. The van der Waals surface area contributed by atoms with Crippen LogP contribution in [0.5, 0.6) is 0 Å². The lowest BCUT2D eigenvalue weighted by molar-refractivity contribution is 0.0375. The number of fused-ring (bicyclic) bond motifs is 1. The van der Waals surface area contributed by atoms with Crippen LogP contribution >= 0.6 is 35.4 Å². The summed E-state index contributed by atoms with van der Waals surface area (Å²) < 4.78 is 5.42. The van der Waals surface area contributed by atoms with E-state index in [1.807, 2.05) is 12.1 Å². The smallest absolute Gasteiger partial charge is 0.169 e. The molecule has 2 atom stereocenters. The van der Waals surface area contributed by atoms with Crippen molar-refractivity contribution in [2.45, 2.75) is 31.2 Å².